The number of pyridine rings is 1. The first kappa shape index (κ1) is 13.8. The normalized spacial score (nSPS) is 16.4. The standard InChI is InChI=1S/C14H21N3O2/c1-2-19-14(18)17-9-6-12(7-10-17)16-11-13-5-3-4-8-15-13/h3-5,8,12,16H,2,6-7,9-11H2,1H3. The Bertz CT molecular complexity index is 389. The van der Waals surface area contributed by atoms with Crippen LogP contribution < -0.4 is 5.32 Å². The van der Waals surface area contributed by atoms with Crippen LogP contribution in [0.2, 0.25) is 0 Å². The highest BCUT2D eigenvalue weighted by Crippen LogP contribution is 2.12. The smallest absolute Gasteiger partial charge is 0.409 e. The zero-order chi connectivity index (χ0) is 13.5. The molecule has 1 aromatic rings. The van der Waals surface area contributed by atoms with E-state index < -0.39 is 0 Å². The van der Waals surface area contributed by atoms with Crippen molar-refractivity contribution in [1.29, 1.82) is 0 Å². The fourth-order valence-corrected chi connectivity index (χ4v) is 2.23. The van der Waals surface area contributed by atoms with E-state index in [0.29, 0.717) is 12.6 Å². The van der Waals surface area contributed by atoms with Crippen LogP contribution in [-0.2, 0) is 11.3 Å². The van der Waals surface area contributed by atoms with Gasteiger partial charge in [-0.05, 0) is 31.9 Å². The van der Waals surface area contributed by atoms with E-state index in [0.717, 1.165) is 38.2 Å². The molecule has 1 fully saturated rings. The number of nitrogens with one attached hydrogen (secondary N) is 1. The highest BCUT2D eigenvalue weighted by Gasteiger charge is 2.23. The van der Waals surface area contributed by atoms with Gasteiger partial charge in [-0.1, -0.05) is 6.07 Å². The van der Waals surface area contributed by atoms with Gasteiger partial charge in [0.2, 0.25) is 0 Å². The number of rotatable bonds is 4. The largest absolute Gasteiger partial charge is 0.450 e. The number of nitrogens with zero attached hydrogens (tertiary/aromatic N) is 2. The van der Waals surface area contributed by atoms with Crippen LogP contribution in [0.15, 0.2) is 24.4 Å². The molecule has 1 N–H and O–H groups in total. The first-order valence-corrected chi connectivity index (χ1v) is 6.84. The predicted molar refractivity (Wildman–Crippen MR) is 72.7 cm³/mol. The van der Waals surface area contributed by atoms with Crippen LogP contribution in [0.4, 0.5) is 4.79 Å². The molecule has 1 aromatic heterocycles. The summed E-state index contributed by atoms with van der Waals surface area (Å²) in [5, 5.41) is 3.49. The molecule has 2 rings (SSSR count). The van der Waals surface area contributed by atoms with Crippen molar-refractivity contribution < 1.29 is 9.53 Å². The lowest BCUT2D eigenvalue weighted by atomic mass is 10.1. The predicted octanol–water partition coefficient (Wildman–Crippen LogP) is 1.79. The molecule has 0 bridgehead atoms. The van der Waals surface area contributed by atoms with Crippen LogP contribution in [0.5, 0.6) is 0 Å². The van der Waals surface area contributed by atoms with Crippen LogP contribution in [0.25, 0.3) is 0 Å². The Morgan fingerprint density at radius 1 is 1.47 bits per heavy atom. The van der Waals surface area contributed by atoms with Gasteiger partial charge < -0.3 is 15.0 Å². The Balaban J connectivity index is 1.70. The van der Waals surface area contributed by atoms with Crippen molar-refractivity contribution >= 4 is 6.09 Å². The molecule has 1 aliphatic heterocycles. The summed E-state index contributed by atoms with van der Waals surface area (Å²) in [4.78, 5) is 17.6. The minimum absolute atomic E-state index is 0.189. The molecule has 0 aliphatic carbocycles. The van der Waals surface area contributed by atoms with Gasteiger partial charge in [-0.2, -0.15) is 0 Å². The maximum atomic E-state index is 11.6. The minimum Gasteiger partial charge on any atom is -0.450 e. The summed E-state index contributed by atoms with van der Waals surface area (Å²) in [5.41, 5.74) is 1.05. The van der Waals surface area contributed by atoms with Crippen molar-refractivity contribution in [3.63, 3.8) is 0 Å². The molecule has 0 unspecified atom stereocenters. The Morgan fingerprint density at radius 2 is 2.26 bits per heavy atom. The van der Waals surface area contributed by atoms with Gasteiger partial charge in [-0.15, -0.1) is 0 Å². The molecule has 1 saturated heterocycles. The van der Waals surface area contributed by atoms with Gasteiger partial charge in [-0.3, -0.25) is 4.98 Å². The third-order valence-corrected chi connectivity index (χ3v) is 3.32. The minimum atomic E-state index is -0.189. The second-order valence-corrected chi connectivity index (χ2v) is 4.66. The molecular formula is C14H21N3O2. The number of hydrogen-bond donors (Lipinski definition) is 1. The summed E-state index contributed by atoms with van der Waals surface area (Å²) in [5.74, 6) is 0. The van der Waals surface area contributed by atoms with E-state index in [-0.39, 0.29) is 6.09 Å². The maximum Gasteiger partial charge on any atom is 0.409 e. The quantitative estimate of drug-likeness (QED) is 0.900. The number of amides is 1. The van der Waals surface area contributed by atoms with Crippen molar-refractivity contribution in [3.05, 3.63) is 30.1 Å². The van der Waals surface area contributed by atoms with E-state index in [1.807, 2.05) is 25.1 Å². The van der Waals surface area contributed by atoms with Crippen molar-refractivity contribution in [1.82, 2.24) is 15.2 Å². The summed E-state index contributed by atoms with van der Waals surface area (Å²) >= 11 is 0. The van der Waals surface area contributed by atoms with Gasteiger partial charge in [0, 0.05) is 31.9 Å². The second kappa shape index (κ2) is 7.09. The number of aromatic nitrogens is 1. The lowest BCUT2D eigenvalue weighted by Crippen LogP contribution is -2.44. The van der Waals surface area contributed by atoms with Gasteiger partial charge in [0.15, 0.2) is 0 Å². The zero-order valence-electron chi connectivity index (χ0n) is 11.3. The van der Waals surface area contributed by atoms with Gasteiger partial charge >= 0.3 is 6.09 Å². The number of likely N-dealkylation sites (tertiary alicyclic amines) is 1. The third kappa shape index (κ3) is 4.21. The van der Waals surface area contributed by atoms with Crippen molar-refractivity contribution in [2.24, 2.45) is 0 Å². The molecule has 0 spiro atoms. The fourth-order valence-electron chi connectivity index (χ4n) is 2.23. The third-order valence-electron chi connectivity index (χ3n) is 3.32. The molecular weight excluding hydrogens is 242 g/mol. The Morgan fingerprint density at radius 3 is 2.89 bits per heavy atom. The molecule has 5 heteroatoms. The average molecular weight is 263 g/mol. The molecule has 19 heavy (non-hydrogen) atoms. The molecule has 0 radical (unpaired) electrons. The topological polar surface area (TPSA) is 54.5 Å². The molecule has 2 heterocycles. The maximum absolute atomic E-state index is 11.6. The number of carbonyl (C=O) groups is 1. The molecule has 1 amide bonds. The SMILES string of the molecule is CCOC(=O)N1CCC(NCc2ccccn2)CC1. The highest BCUT2D eigenvalue weighted by molar-refractivity contribution is 5.67. The summed E-state index contributed by atoms with van der Waals surface area (Å²) in [7, 11) is 0. The van der Waals surface area contributed by atoms with Crippen molar-refractivity contribution in [3.8, 4) is 0 Å². The van der Waals surface area contributed by atoms with Gasteiger partial charge in [0.05, 0.1) is 12.3 Å². The van der Waals surface area contributed by atoms with Crippen LogP contribution in [0.1, 0.15) is 25.5 Å². The molecule has 0 atom stereocenters. The van der Waals surface area contributed by atoms with E-state index >= 15 is 0 Å². The zero-order valence-corrected chi connectivity index (χ0v) is 11.3. The molecule has 0 saturated carbocycles. The summed E-state index contributed by atoms with van der Waals surface area (Å²) in [6, 6.07) is 6.38. The molecule has 0 aromatic carbocycles. The highest BCUT2D eigenvalue weighted by atomic mass is 16.6. The van der Waals surface area contributed by atoms with Gasteiger partial charge in [0.25, 0.3) is 0 Å². The Labute approximate surface area is 114 Å². The number of piperidine rings is 1. The van der Waals surface area contributed by atoms with Crippen LogP contribution in [0.3, 0.4) is 0 Å². The van der Waals surface area contributed by atoms with E-state index in [2.05, 4.69) is 10.3 Å². The van der Waals surface area contributed by atoms with E-state index in [1.54, 1.807) is 11.1 Å². The van der Waals surface area contributed by atoms with Gasteiger partial charge in [-0.25, -0.2) is 4.79 Å². The monoisotopic (exact) mass is 263 g/mol. The van der Waals surface area contributed by atoms with E-state index in [4.69, 9.17) is 4.74 Å². The van der Waals surface area contributed by atoms with E-state index in [1.165, 1.54) is 0 Å². The molecule has 5 nitrogen and oxygen atoms in total. The Hall–Kier alpha value is -1.62. The number of carbonyl (C=O) groups excluding carboxylic acids is 1. The molecule has 104 valence electrons. The lowest BCUT2D eigenvalue weighted by molar-refractivity contribution is 0.0949. The summed E-state index contributed by atoms with van der Waals surface area (Å²) < 4.78 is 5.00. The van der Waals surface area contributed by atoms with Crippen LogP contribution in [-0.4, -0.2) is 41.7 Å². The Kier molecular flexibility index (Phi) is 5.15. The first-order chi connectivity index (χ1) is 9.29. The second-order valence-electron chi connectivity index (χ2n) is 4.66. The summed E-state index contributed by atoms with van der Waals surface area (Å²) in [6.07, 6.45) is 3.54. The molecule has 1 aliphatic rings. The first-order valence-electron chi connectivity index (χ1n) is 6.84. The fraction of sp³-hybridized carbons (Fsp3) is 0.571. The van der Waals surface area contributed by atoms with Crippen LogP contribution in [0, 0.1) is 0 Å². The number of hydrogen-bond acceptors (Lipinski definition) is 4. The average Bonchev–Trinajstić information content (AvgIpc) is 2.47. The van der Waals surface area contributed by atoms with E-state index in [9.17, 15) is 4.79 Å². The lowest BCUT2D eigenvalue weighted by Gasteiger charge is -2.31. The van der Waals surface area contributed by atoms with Crippen LogP contribution >= 0.6 is 0 Å². The van der Waals surface area contributed by atoms with Gasteiger partial charge in [0.1, 0.15) is 0 Å². The summed E-state index contributed by atoms with van der Waals surface area (Å²) in [6.45, 7) is 4.58. The number of ether oxygens (including phenoxy) is 1. The van der Waals surface area contributed by atoms with Crippen molar-refractivity contribution in [2.45, 2.75) is 32.4 Å². The van der Waals surface area contributed by atoms with Crippen molar-refractivity contribution in [2.75, 3.05) is 19.7 Å².